The van der Waals surface area contributed by atoms with E-state index in [4.69, 9.17) is 17.3 Å². The molecule has 14 heavy (non-hydrogen) atoms. The minimum absolute atomic E-state index is 0.111. The van der Waals surface area contributed by atoms with Gasteiger partial charge in [0.25, 0.3) is 0 Å². The van der Waals surface area contributed by atoms with Gasteiger partial charge in [-0.1, -0.05) is 0 Å². The van der Waals surface area contributed by atoms with Crippen LogP contribution >= 0.6 is 11.6 Å². The molecule has 0 saturated heterocycles. The summed E-state index contributed by atoms with van der Waals surface area (Å²) >= 11 is 5.30. The molecule has 0 fully saturated rings. The van der Waals surface area contributed by atoms with E-state index >= 15 is 0 Å². The van der Waals surface area contributed by atoms with Crippen LogP contribution < -0.4 is 5.73 Å². The molecule has 0 amide bonds. The van der Waals surface area contributed by atoms with E-state index in [0.29, 0.717) is 12.1 Å². The van der Waals surface area contributed by atoms with Crippen LogP contribution in [0.25, 0.3) is 0 Å². The molecular formula is C8H6ClF4N. The monoisotopic (exact) mass is 227 g/mol. The van der Waals surface area contributed by atoms with Crippen molar-refractivity contribution in [2.45, 2.75) is 12.1 Å². The van der Waals surface area contributed by atoms with E-state index in [1.165, 1.54) is 0 Å². The zero-order valence-corrected chi connectivity index (χ0v) is 7.58. The number of halogens is 5. The summed E-state index contributed by atoms with van der Waals surface area (Å²) in [5, 5.41) is 0. The lowest BCUT2D eigenvalue weighted by atomic mass is 10.1. The fourth-order valence-electron chi connectivity index (χ4n) is 0.962. The fourth-order valence-corrected chi connectivity index (χ4v) is 1.24. The minimum Gasteiger partial charge on any atom is -0.398 e. The molecule has 6 heteroatoms. The molecule has 0 aliphatic carbocycles. The van der Waals surface area contributed by atoms with Gasteiger partial charge in [0, 0.05) is 11.3 Å². The summed E-state index contributed by atoms with van der Waals surface area (Å²) in [6.45, 7) is 0. The predicted octanol–water partition coefficient (Wildman–Crippen LogP) is 3.17. The van der Waals surface area contributed by atoms with Crippen LogP contribution in [0.4, 0.5) is 23.2 Å². The molecule has 0 aliphatic rings. The van der Waals surface area contributed by atoms with Crippen molar-refractivity contribution < 1.29 is 17.6 Å². The molecule has 0 bridgehead atoms. The molecule has 0 saturated carbocycles. The Morgan fingerprint density at radius 2 is 1.86 bits per heavy atom. The molecule has 0 radical (unpaired) electrons. The molecule has 78 valence electrons. The van der Waals surface area contributed by atoms with Gasteiger partial charge in [-0.15, -0.1) is 11.6 Å². The molecule has 0 aromatic heterocycles. The molecule has 1 rings (SSSR count). The summed E-state index contributed by atoms with van der Waals surface area (Å²) in [5.74, 6) is -1.29. The van der Waals surface area contributed by atoms with Crippen LogP contribution in [-0.2, 0) is 12.1 Å². The highest BCUT2D eigenvalue weighted by Gasteiger charge is 2.32. The van der Waals surface area contributed by atoms with Gasteiger partial charge >= 0.3 is 6.18 Å². The third-order valence-corrected chi connectivity index (χ3v) is 1.96. The number of hydrogen-bond acceptors (Lipinski definition) is 1. The largest absolute Gasteiger partial charge is 0.416 e. The maximum Gasteiger partial charge on any atom is 0.416 e. The van der Waals surface area contributed by atoms with Gasteiger partial charge < -0.3 is 5.73 Å². The van der Waals surface area contributed by atoms with Gasteiger partial charge in [0.2, 0.25) is 0 Å². The summed E-state index contributed by atoms with van der Waals surface area (Å²) in [6, 6.07) is 1.05. The number of nitrogens with two attached hydrogens (primary N) is 1. The van der Waals surface area contributed by atoms with Crippen LogP contribution in [0, 0.1) is 5.82 Å². The Morgan fingerprint density at radius 1 is 1.29 bits per heavy atom. The Balaban J connectivity index is 3.28. The van der Waals surface area contributed by atoms with Gasteiger partial charge in [0.15, 0.2) is 0 Å². The van der Waals surface area contributed by atoms with E-state index in [1.54, 1.807) is 0 Å². The van der Waals surface area contributed by atoms with E-state index < -0.39 is 17.6 Å². The molecule has 0 spiro atoms. The fraction of sp³-hybridized carbons (Fsp3) is 0.250. The van der Waals surface area contributed by atoms with Crippen molar-refractivity contribution >= 4 is 17.3 Å². The van der Waals surface area contributed by atoms with Crippen molar-refractivity contribution in [3.8, 4) is 0 Å². The topological polar surface area (TPSA) is 26.0 Å². The van der Waals surface area contributed by atoms with Crippen LogP contribution in [0.3, 0.4) is 0 Å². The first-order valence-corrected chi connectivity index (χ1v) is 4.10. The number of benzene rings is 1. The van der Waals surface area contributed by atoms with Crippen molar-refractivity contribution in [2.75, 3.05) is 5.73 Å². The predicted molar refractivity (Wildman–Crippen MR) is 45.4 cm³/mol. The Hall–Kier alpha value is -0.970. The Bertz CT molecular complexity index is 325. The smallest absolute Gasteiger partial charge is 0.398 e. The van der Waals surface area contributed by atoms with Crippen molar-refractivity contribution in [3.63, 3.8) is 0 Å². The van der Waals surface area contributed by atoms with E-state index in [-0.39, 0.29) is 17.1 Å². The molecule has 0 heterocycles. The highest BCUT2D eigenvalue weighted by atomic mass is 35.5. The van der Waals surface area contributed by atoms with Crippen molar-refractivity contribution in [1.29, 1.82) is 0 Å². The normalized spacial score (nSPS) is 11.8. The van der Waals surface area contributed by atoms with Gasteiger partial charge in [-0.2, -0.15) is 13.2 Å². The number of anilines is 1. The van der Waals surface area contributed by atoms with Crippen molar-refractivity contribution in [1.82, 2.24) is 0 Å². The Morgan fingerprint density at radius 3 is 2.21 bits per heavy atom. The number of rotatable bonds is 1. The molecule has 0 atom stereocenters. The number of alkyl halides is 4. The lowest BCUT2D eigenvalue weighted by Crippen LogP contribution is -2.08. The maximum absolute atomic E-state index is 13.0. The van der Waals surface area contributed by atoms with Gasteiger partial charge in [0.1, 0.15) is 5.82 Å². The molecule has 1 nitrogen and oxygen atoms in total. The summed E-state index contributed by atoms with van der Waals surface area (Å²) in [7, 11) is 0. The van der Waals surface area contributed by atoms with Gasteiger partial charge in [-0.3, -0.25) is 0 Å². The zero-order valence-electron chi connectivity index (χ0n) is 6.83. The maximum atomic E-state index is 13.0. The Kier molecular flexibility index (Phi) is 2.89. The van der Waals surface area contributed by atoms with Crippen LogP contribution in [-0.4, -0.2) is 0 Å². The Labute approximate surface area is 82.5 Å². The molecule has 1 aromatic carbocycles. The molecular weight excluding hydrogens is 222 g/mol. The second-order valence-electron chi connectivity index (χ2n) is 2.66. The first-order chi connectivity index (χ1) is 6.36. The highest BCUT2D eigenvalue weighted by molar-refractivity contribution is 6.17. The summed E-state index contributed by atoms with van der Waals surface area (Å²) in [4.78, 5) is 0. The lowest BCUT2D eigenvalue weighted by molar-refractivity contribution is -0.137. The average molecular weight is 228 g/mol. The standard InChI is InChI=1S/C8H6ClF4N/c9-3-5-6(10)1-4(2-7(5)14)8(11,12)13/h1-2H,3,14H2. The van der Waals surface area contributed by atoms with E-state index in [1.807, 2.05) is 0 Å². The first-order valence-electron chi connectivity index (χ1n) is 3.57. The van der Waals surface area contributed by atoms with E-state index in [9.17, 15) is 17.6 Å². The van der Waals surface area contributed by atoms with Crippen molar-refractivity contribution in [3.05, 3.63) is 29.1 Å². The lowest BCUT2D eigenvalue weighted by Gasteiger charge is -2.10. The summed E-state index contributed by atoms with van der Waals surface area (Å²) in [6.07, 6.45) is -4.60. The minimum atomic E-state index is -4.60. The quantitative estimate of drug-likeness (QED) is 0.445. The summed E-state index contributed by atoms with van der Waals surface area (Å²) < 4.78 is 49.4. The number of nitrogen functional groups attached to an aromatic ring is 1. The molecule has 0 aliphatic heterocycles. The highest BCUT2D eigenvalue weighted by Crippen LogP contribution is 2.33. The summed E-state index contributed by atoms with van der Waals surface area (Å²) in [5.41, 5.74) is 3.70. The second-order valence-corrected chi connectivity index (χ2v) is 2.92. The van der Waals surface area contributed by atoms with Crippen LogP contribution in [0.5, 0.6) is 0 Å². The zero-order chi connectivity index (χ0) is 10.9. The van der Waals surface area contributed by atoms with Gasteiger partial charge in [0.05, 0.1) is 11.4 Å². The third-order valence-electron chi connectivity index (χ3n) is 1.69. The molecule has 1 aromatic rings. The first kappa shape index (κ1) is 11.1. The van der Waals surface area contributed by atoms with E-state index in [0.717, 1.165) is 0 Å². The second kappa shape index (κ2) is 3.65. The molecule has 2 N–H and O–H groups in total. The number of hydrogen-bond donors (Lipinski definition) is 1. The van der Waals surface area contributed by atoms with Gasteiger partial charge in [-0.05, 0) is 12.1 Å². The van der Waals surface area contributed by atoms with E-state index in [2.05, 4.69) is 0 Å². The van der Waals surface area contributed by atoms with Crippen LogP contribution in [0.2, 0.25) is 0 Å². The third kappa shape index (κ3) is 2.09. The van der Waals surface area contributed by atoms with Crippen molar-refractivity contribution in [2.24, 2.45) is 0 Å². The molecule has 0 unspecified atom stereocenters. The van der Waals surface area contributed by atoms with Crippen LogP contribution in [0.1, 0.15) is 11.1 Å². The average Bonchev–Trinajstić information content (AvgIpc) is 2.01. The SMILES string of the molecule is Nc1cc(C(F)(F)F)cc(F)c1CCl. The van der Waals surface area contributed by atoms with Crippen LogP contribution in [0.15, 0.2) is 12.1 Å². The van der Waals surface area contributed by atoms with Gasteiger partial charge in [-0.25, -0.2) is 4.39 Å².